The Bertz CT molecular complexity index is 1070. The van der Waals surface area contributed by atoms with Gasteiger partial charge in [0.05, 0.1) is 0 Å². The smallest absolute Gasteiger partial charge is 0.119 e. The number of ether oxygens (including phenoxy) is 1. The highest BCUT2D eigenvalue weighted by Gasteiger charge is 2.38. The molecule has 0 aromatic heterocycles. The lowest BCUT2D eigenvalue weighted by molar-refractivity contribution is 0.183. The minimum absolute atomic E-state index is 0.177. The fourth-order valence-corrected chi connectivity index (χ4v) is 5.56. The van der Waals surface area contributed by atoms with Crippen molar-refractivity contribution in [2.75, 3.05) is 26.2 Å². The van der Waals surface area contributed by atoms with Crippen LogP contribution in [0.25, 0.3) is 0 Å². The number of phenolic OH excluding ortho intramolecular Hbond substituents is 2. The highest BCUT2D eigenvalue weighted by atomic mass is 16.5. The van der Waals surface area contributed by atoms with Crippen LogP contribution < -0.4 is 4.74 Å². The SMILES string of the molecule is Oc1ccc(C2(c3ccc(OCCN4CCCCC4)cc3)CCc3cc(O)ccc3C2)cc1. The average molecular weight is 444 g/mol. The van der Waals surface area contributed by atoms with Gasteiger partial charge in [-0.2, -0.15) is 0 Å². The van der Waals surface area contributed by atoms with Crippen LogP contribution in [-0.2, 0) is 18.3 Å². The van der Waals surface area contributed by atoms with Crippen LogP contribution in [0.5, 0.6) is 17.2 Å². The molecular weight excluding hydrogens is 410 g/mol. The molecular formula is C29H33NO3. The largest absolute Gasteiger partial charge is 0.508 e. The van der Waals surface area contributed by atoms with Gasteiger partial charge in [0, 0.05) is 12.0 Å². The second-order valence-electron chi connectivity index (χ2n) is 9.53. The number of aromatic hydroxyl groups is 2. The maximum absolute atomic E-state index is 9.92. The van der Waals surface area contributed by atoms with Gasteiger partial charge in [-0.05, 0) is 104 Å². The maximum atomic E-state index is 9.92. The Labute approximate surface area is 196 Å². The van der Waals surface area contributed by atoms with Crippen molar-refractivity contribution in [3.8, 4) is 17.2 Å². The van der Waals surface area contributed by atoms with Crippen LogP contribution in [-0.4, -0.2) is 41.4 Å². The summed E-state index contributed by atoms with van der Waals surface area (Å²) >= 11 is 0. The van der Waals surface area contributed by atoms with Gasteiger partial charge in [0.15, 0.2) is 0 Å². The van der Waals surface area contributed by atoms with Crippen molar-refractivity contribution >= 4 is 0 Å². The van der Waals surface area contributed by atoms with Crippen LogP contribution in [0.15, 0.2) is 66.7 Å². The lowest BCUT2D eigenvalue weighted by atomic mass is 9.64. The predicted octanol–water partition coefficient (Wildman–Crippen LogP) is 5.44. The van der Waals surface area contributed by atoms with Crippen molar-refractivity contribution in [3.63, 3.8) is 0 Å². The van der Waals surface area contributed by atoms with E-state index in [9.17, 15) is 10.2 Å². The molecule has 1 saturated heterocycles. The number of aryl methyl sites for hydroxylation is 1. The molecule has 4 nitrogen and oxygen atoms in total. The Kier molecular flexibility index (Phi) is 6.28. The molecule has 0 spiro atoms. The number of piperidine rings is 1. The van der Waals surface area contributed by atoms with E-state index in [-0.39, 0.29) is 11.2 Å². The number of nitrogens with zero attached hydrogens (tertiary/aromatic N) is 1. The summed E-state index contributed by atoms with van der Waals surface area (Å²) in [6.07, 6.45) is 6.67. The van der Waals surface area contributed by atoms with Crippen molar-refractivity contribution in [2.45, 2.75) is 43.9 Å². The standard InChI is InChI=1S/C29H33NO3/c31-26-10-5-24(6-11-26)29(15-14-22-20-27(32)9-4-23(22)21-29)25-7-12-28(13-8-25)33-19-18-30-16-2-1-3-17-30/h4-13,20,31-32H,1-3,14-19,21H2. The molecule has 0 amide bonds. The van der Waals surface area contributed by atoms with E-state index in [0.29, 0.717) is 5.75 Å². The van der Waals surface area contributed by atoms with Crippen molar-refractivity contribution < 1.29 is 14.9 Å². The van der Waals surface area contributed by atoms with Crippen molar-refractivity contribution in [2.24, 2.45) is 0 Å². The first-order valence-corrected chi connectivity index (χ1v) is 12.2. The van der Waals surface area contributed by atoms with Crippen LogP contribution in [0.1, 0.15) is 47.9 Å². The van der Waals surface area contributed by atoms with Crippen LogP contribution in [0.3, 0.4) is 0 Å². The van der Waals surface area contributed by atoms with Crippen molar-refractivity contribution in [3.05, 3.63) is 89.0 Å². The average Bonchev–Trinajstić information content (AvgIpc) is 2.85. The van der Waals surface area contributed by atoms with E-state index >= 15 is 0 Å². The lowest BCUT2D eigenvalue weighted by Gasteiger charge is -2.39. The molecule has 0 radical (unpaired) electrons. The summed E-state index contributed by atoms with van der Waals surface area (Å²) in [5.41, 5.74) is 4.79. The molecule has 2 N–H and O–H groups in total. The molecule has 1 atom stereocenters. The zero-order chi connectivity index (χ0) is 22.7. The van der Waals surface area contributed by atoms with Gasteiger partial charge in [-0.15, -0.1) is 0 Å². The van der Waals surface area contributed by atoms with Gasteiger partial charge in [-0.1, -0.05) is 36.8 Å². The Morgan fingerprint density at radius 1 is 0.758 bits per heavy atom. The van der Waals surface area contributed by atoms with Crippen LogP contribution >= 0.6 is 0 Å². The Morgan fingerprint density at radius 3 is 2.15 bits per heavy atom. The summed E-state index contributed by atoms with van der Waals surface area (Å²) in [5.74, 6) is 1.53. The van der Waals surface area contributed by atoms with Gasteiger partial charge in [-0.3, -0.25) is 4.90 Å². The zero-order valence-corrected chi connectivity index (χ0v) is 19.2. The molecule has 0 saturated carbocycles. The summed E-state index contributed by atoms with van der Waals surface area (Å²) in [4.78, 5) is 2.49. The molecule has 0 bridgehead atoms. The third-order valence-electron chi connectivity index (χ3n) is 7.45. The quantitative estimate of drug-likeness (QED) is 0.533. The summed E-state index contributed by atoms with van der Waals surface area (Å²) in [6.45, 7) is 4.09. The van der Waals surface area contributed by atoms with Gasteiger partial charge in [0.1, 0.15) is 23.9 Å². The highest BCUT2D eigenvalue weighted by Crippen LogP contribution is 2.45. The third-order valence-corrected chi connectivity index (χ3v) is 7.45. The van der Waals surface area contributed by atoms with Gasteiger partial charge in [-0.25, -0.2) is 0 Å². The van der Waals surface area contributed by atoms with Gasteiger partial charge >= 0.3 is 0 Å². The third kappa shape index (κ3) is 4.72. The summed E-state index contributed by atoms with van der Waals surface area (Å²) in [7, 11) is 0. The molecule has 1 aliphatic heterocycles. The number of hydrogen-bond acceptors (Lipinski definition) is 4. The second kappa shape index (κ2) is 9.48. The van der Waals surface area contributed by atoms with Gasteiger partial charge < -0.3 is 14.9 Å². The molecule has 2 aliphatic rings. The van der Waals surface area contributed by atoms with Crippen molar-refractivity contribution in [1.82, 2.24) is 4.90 Å². The van der Waals surface area contributed by atoms with Gasteiger partial charge in [0.25, 0.3) is 0 Å². The van der Waals surface area contributed by atoms with E-state index in [1.807, 2.05) is 18.2 Å². The topological polar surface area (TPSA) is 52.9 Å². The predicted molar refractivity (Wildman–Crippen MR) is 131 cm³/mol. The number of phenols is 2. The molecule has 3 aromatic rings. The van der Waals surface area contributed by atoms with E-state index in [2.05, 4.69) is 35.2 Å². The first-order valence-electron chi connectivity index (χ1n) is 12.2. The molecule has 1 aliphatic carbocycles. The summed E-state index contributed by atoms with van der Waals surface area (Å²) in [5, 5.41) is 19.8. The second-order valence-corrected chi connectivity index (χ2v) is 9.53. The molecule has 1 heterocycles. The number of fused-ring (bicyclic) bond motifs is 1. The zero-order valence-electron chi connectivity index (χ0n) is 19.2. The number of hydrogen-bond donors (Lipinski definition) is 2. The van der Waals surface area contributed by atoms with Crippen molar-refractivity contribution in [1.29, 1.82) is 0 Å². The minimum Gasteiger partial charge on any atom is -0.508 e. The van der Waals surface area contributed by atoms with E-state index in [4.69, 9.17) is 4.74 Å². The number of rotatable bonds is 6. The molecule has 172 valence electrons. The van der Waals surface area contributed by atoms with Gasteiger partial charge in [0.2, 0.25) is 0 Å². The molecule has 5 rings (SSSR count). The lowest BCUT2D eigenvalue weighted by Crippen LogP contribution is -2.34. The Morgan fingerprint density at radius 2 is 1.42 bits per heavy atom. The number of benzene rings is 3. The van der Waals surface area contributed by atoms with Crippen LogP contribution in [0.2, 0.25) is 0 Å². The van der Waals surface area contributed by atoms with E-state index in [1.54, 1.807) is 18.2 Å². The molecule has 3 aromatic carbocycles. The first kappa shape index (κ1) is 21.8. The molecule has 1 unspecified atom stereocenters. The Balaban J connectivity index is 1.38. The monoisotopic (exact) mass is 443 g/mol. The normalized spacial score (nSPS) is 20.8. The maximum Gasteiger partial charge on any atom is 0.119 e. The van der Waals surface area contributed by atoms with E-state index < -0.39 is 0 Å². The Hall–Kier alpha value is -2.98. The van der Waals surface area contributed by atoms with Crippen LogP contribution in [0.4, 0.5) is 0 Å². The molecule has 33 heavy (non-hydrogen) atoms. The van der Waals surface area contributed by atoms with E-state index in [0.717, 1.165) is 38.2 Å². The van der Waals surface area contributed by atoms with E-state index in [1.165, 1.54) is 54.6 Å². The fraction of sp³-hybridized carbons (Fsp3) is 0.379. The number of likely N-dealkylation sites (tertiary alicyclic amines) is 1. The minimum atomic E-state index is -0.177. The highest BCUT2D eigenvalue weighted by molar-refractivity contribution is 5.49. The fourth-order valence-electron chi connectivity index (χ4n) is 5.56. The summed E-state index contributed by atoms with van der Waals surface area (Å²) < 4.78 is 6.07. The molecule has 4 heteroatoms. The molecule has 1 fully saturated rings. The first-order chi connectivity index (χ1) is 16.1. The summed E-state index contributed by atoms with van der Waals surface area (Å²) in [6, 6.07) is 22.0. The van der Waals surface area contributed by atoms with Crippen LogP contribution in [0, 0.1) is 0 Å².